The molecule has 4 rings (SSSR count). The standard InChI is InChI=1S/C22H23BrN6O/c23-28-9-1-2-18(14-28)22(30)29(20-7-8-25-13-20)15-19-12-26-21(27-19)10-16-3-5-17(11-24)6-4-16/h1-6,12,14,20,25H,7-10,13,15H2,(H,26,27)/t20-/m1/s1. The Morgan fingerprint density at radius 2 is 2.20 bits per heavy atom. The Labute approximate surface area is 184 Å². The van der Waals surface area contributed by atoms with Crippen LogP contribution in [0.2, 0.25) is 0 Å². The van der Waals surface area contributed by atoms with Gasteiger partial charge in [0, 0.05) is 47.9 Å². The van der Waals surface area contributed by atoms with Gasteiger partial charge in [0.05, 0.1) is 35.6 Å². The van der Waals surface area contributed by atoms with Gasteiger partial charge in [0.15, 0.2) is 0 Å². The number of benzene rings is 1. The minimum absolute atomic E-state index is 0.0207. The minimum Gasteiger partial charge on any atom is -0.344 e. The Kier molecular flexibility index (Phi) is 6.31. The van der Waals surface area contributed by atoms with E-state index in [0.717, 1.165) is 43.1 Å². The number of carbonyl (C=O) groups excluding carboxylic acids is 1. The van der Waals surface area contributed by atoms with Crippen LogP contribution in [0.25, 0.3) is 0 Å². The van der Waals surface area contributed by atoms with E-state index in [1.165, 1.54) is 0 Å². The quantitative estimate of drug-likeness (QED) is 0.638. The third kappa shape index (κ3) is 4.81. The van der Waals surface area contributed by atoms with Crippen molar-refractivity contribution in [3.63, 3.8) is 0 Å². The van der Waals surface area contributed by atoms with Crippen LogP contribution < -0.4 is 5.32 Å². The van der Waals surface area contributed by atoms with Crippen molar-refractivity contribution in [2.75, 3.05) is 19.6 Å². The first kappa shape index (κ1) is 20.4. The van der Waals surface area contributed by atoms with Crippen LogP contribution in [0.15, 0.2) is 54.4 Å². The normalized spacial score (nSPS) is 18.2. The molecule has 7 nitrogen and oxygen atoms in total. The maximum atomic E-state index is 13.3. The first-order chi connectivity index (χ1) is 14.6. The molecule has 0 radical (unpaired) electrons. The van der Waals surface area contributed by atoms with Crippen LogP contribution in [0.1, 0.15) is 29.1 Å². The van der Waals surface area contributed by atoms with Gasteiger partial charge in [-0.2, -0.15) is 5.26 Å². The van der Waals surface area contributed by atoms with Gasteiger partial charge in [0.1, 0.15) is 5.82 Å². The van der Waals surface area contributed by atoms with Crippen LogP contribution in [-0.2, 0) is 17.8 Å². The van der Waals surface area contributed by atoms with Gasteiger partial charge in [0.25, 0.3) is 5.91 Å². The number of hydrogen-bond acceptors (Lipinski definition) is 5. The van der Waals surface area contributed by atoms with Crippen molar-refractivity contribution in [1.82, 2.24) is 24.1 Å². The molecule has 30 heavy (non-hydrogen) atoms. The molecule has 154 valence electrons. The first-order valence-electron chi connectivity index (χ1n) is 9.96. The molecule has 0 aliphatic carbocycles. The molecule has 8 heteroatoms. The highest BCUT2D eigenvalue weighted by atomic mass is 79.9. The Bertz CT molecular complexity index is 997. The number of nitrogens with one attached hydrogen (secondary N) is 2. The number of aromatic amines is 1. The lowest BCUT2D eigenvalue weighted by Crippen LogP contribution is -2.42. The van der Waals surface area contributed by atoms with Crippen molar-refractivity contribution in [2.45, 2.75) is 25.4 Å². The number of rotatable bonds is 6. The zero-order chi connectivity index (χ0) is 20.9. The molecule has 1 atom stereocenters. The number of amides is 1. The predicted octanol–water partition coefficient (Wildman–Crippen LogP) is 2.63. The zero-order valence-electron chi connectivity index (χ0n) is 16.5. The minimum atomic E-state index is 0.0207. The van der Waals surface area contributed by atoms with Crippen LogP contribution in [0, 0.1) is 11.3 Å². The molecule has 2 aromatic rings. The van der Waals surface area contributed by atoms with Crippen molar-refractivity contribution >= 4 is 22.1 Å². The lowest BCUT2D eigenvalue weighted by atomic mass is 10.1. The molecule has 1 aromatic carbocycles. The molecule has 1 amide bonds. The number of hydrogen-bond donors (Lipinski definition) is 2. The average Bonchev–Trinajstić information content (AvgIpc) is 3.44. The van der Waals surface area contributed by atoms with Crippen LogP contribution in [-0.4, -0.2) is 50.4 Å². The molecule has 0 spiro atoms. The fraction of sp³-hybridized carbons (Fsp3) is 0.318. The van der Waals surface area contributed by atoms with Crippen LogP contribution >= 0.6 is 16.1 Å². The van der Waals surface area contributed by atoms with Crippen LogP contribution in [0.4, 0.5) is 0 Å². The number of H-pyrrole nitrogens is 1. The van der Waals surface area contributed by atoms with Crippen molar-refractivity contribution in [1.29, 1.82) is 5.26 Å². The zero-order valence-corrected chi connectivity index (χ0v) is 18.1. The van der Waals surface area contributed by atoms with Crippen LogP contribution in [0.3, 0.4) is 0 Å². The Morgan fingerprint density at radius 1 is 1.37 bits per heavy atom. The van der Waals surface area contributed by atoms with E-state index in [4.69, 9.17) is 5.26 Å². The van der Waals surface area contributed by atoms with E-state index in [9.17, 15) is 4.79 Å². The van der Waals surface area contributed by atoms with Crippen molar-refractivity contribution in [2.24, 2.45) is 0 Å². The molecule has 0 saturated carbocycles. The summed E-state index contributed by atoms with van der Waals surface area (Å²) in [5.41, 5.74) is 3.31. The molecule has 0 bridgehead atoms. The summed E-state index contributed by atoms with van der Waals surface area (Å²) in [4.78, 5) is 23.1. The second-order valence-corrected chi connectivity index (χ2v) is 8.40. The Hall–Kier alpha value is -2.89. The van der Waals surface area contributed by atoms with E-state index in [0.29, 0.717) is 24.1 Å². The molecule has 2 aliphatic heterocycles. The van der Waals surface area contributed by atoms with E-state index < -0.39 is 0 Å². The third-order valence-electron chi connectivity index (χ3n) is 5.32. The average molecular weight is 467 g/mol. The largest absolute Gasteiger partial charge is 0.344 e. The number of carbonyl (C=O) groups is 1. The molecular formula is C22H23BrN6O. The SMILES string of the molecule is N#Cc1ccc(Cc2ncc(CN(C(=O)C3=CN(Br)CC=C3)[C@@H]3CCNC3)[nH]2)cc1. The number of aromatic nitrogens is 2. The Balaban J connectivity index is 1.48. The monoisotopic (exact) mass is 466 g/mol. The fourth-order valence-corrected chi connectivity index (χ4v) is 4.13. The highest BCUT2D eigenvalue weighted by molar-refractivity contribution is 9.07. The van der Waals surface area contributed by atoms with Gasteiger partial charge in [-0.1, -0.05) is 24.3 Å². The van der Waals surface area contributed by atoms with E-state index in [-0.39, 0.29) is 11.9 Å². The van der Waals surface area contributed by atoms with E-state index in [1.807, 2.05) is 57.6 Å². The highest BCUT2D eigenvalue weighted by Gasteiger charge is 2.29. The summed E-state index contributed by atoms with van der Waals surface area (Å²) in [6.45, 7) is 2.94. The summed E-state index contributed by atoms with van der Waals surface area (Å²) in [5, 5.41) is 12.3. The number of nitriles is 1. The summed E-state index contributed by atoms with van der Waals surface area (Å²) in [6, 6.07) is 9.78. The molecule has 1 aromatic heterocycles. The summed E-state index contributed by atoms with van der Waals surface area (Å²) in [5.74, 6) is 0.863. The van der Waals surface area contributed by atoms with Crippen LogP contribution in [0.5, 0.6) is 0 Å². The van der Waals surface area contributed by atoms with Crippen molar-refractivity contribution in [3.8, 4) is 6.07 Å². The molecular weight excluding hydrogens is 444 g/mol. The second-order valence-electron chi connectivity index (χ2n) is 7.49. The molecule has 1 fully saturated rings. The smallest absolute Gasteiger partial charge is 0.255 e. The molecule has 1 saturated heterocycles. The lowest BCUT2D eigenvalue weighted by Gasteiger charge is -2.29. The van der Waals surface area contributed by atoms with Crippen molar-refractivity contribution in [3.05, 3.63) is 77.0 Å². The predicted molar refractivity (Wildman–Crippen MR) is 117 cm³/mol. The lowest BCUT2D eigenvalue weighted by molar-refractivity contribution is -0.129. The topological polar surface area (TPSA) is 88.1 Å². The highest BCUT2D eigenvalue weighted by Crippen LogP contribution is 2.20. The number of nitrogens with zero attached hydrogens (tertiary/aromatic N) is 4. The summed E-state index contributed by atoms with van der Waals surface area (Å²) in [6.07, 6.45) is 9.09. The van der Waals surface area contributed by atoms with Gasteiger partial charge in [-0.25, -0.2) is 4.98 Å². The maximum Gasteiger partial charge on any atom is 0.255 e. The van der Waals surface area contributed by atoms with Gasteiger partial charge in [-0.15, -0.1) is 0 Å². The molecule has 2 N–H and O–H groups in total. The summed E-state index contributed by atoms with van der Waals surface area (Å²) < 4.78 is 1.83. The third-order valence-corrected chi connectivity index (χ3v) is 5.81. The summed E-state index contributed by atoms with van der Waals surface area (Å²) in [7, 11) is 0. The number of imidazole rings is 1. The van der Waals surface area contributed by atoms with Crippen molar-refractivity contribution < 1.29 is 4.79 Å². The molecule has 3 heterocycles. The van der Waals surface area contributed by atoms with Gasteiger partial charge < -0.3 is 19.1 Å². The van der Waals surface area contributed by atoms with Gasteiger partial charge in [-0.3, -0.25) is 4.79 Å². The maximum absolute atomic E-state index is 13.3. The van der Waals surface area contributed by atoms with E-state index >= 15 is 0 Å². The second kappa shape index (κ2) is 9.28. The molecule has 0 unspecified atom stereocenters. The van der Waals surface area contributed by atoms with Gasteiger partial charge >= 0.3 is 0 Å². The summed E-state index contributed by atoms with van der Waals surface area (Å²) >= 11 is 3.43. The van der Waals surface area contributed by atoms with E-state index in [1.54, 1.807) is 0 Å². The first-order valence-corrected chi connectivity index (χ1v) is 10.7. The molecule has 2 aliphatic rings. The Morgan fingerprint density at radius 3 is 2.90 bits per heavy atom. The van der Waals surface area contributed by atoms with Gasteiger partial charge in [-0.05, 0) is 30.7 Å². The fourth-order valence-electron chi connectivity index (χ4n) is 3.74. The number of halogens is 1. The van der Waals surface area contributed by atoms with Gasteiger partial charge in [0.2, 0.25) is 0 Å². The van der Waals surface area contributed by atoms with E-state index in [2.05, 4.69) is 37.5 Å².